The van der Waals surface area contributed by atoms with Crippen LogP contribution in [0.15, 0.2) is 35.1 Å². The Labute approximate surface area is 141 Å². The van der Waals surface area contributed by atoms with Crippen molar-refractivity contribution in [1.29, 1.82) is 5.26 Å². The molecule has 2 aromatic rings. The molecule has 0 radical (unpaired) electrons. The van der Waals surface area contributed by atoms with E-state index in [1.807, 2.05) is 19.1 Å². The monoisotopic (exact) mass is 324 g/mol. The zero-order valence-electron chi connectivity index (χ0n) is 14.1. The fourth-order valence-corrected chi connectivity index (χ4v) is 3.10. The number of nitrogens with zero attached hydrogens (tertiary/aromatic N) is 4. The molecule has 124 valence electrons. The molecule has 0 spiro atoms. The van der Waals surface area contributed by atoms with Gasteiger partial charge in [0.25, 0.3) is 5.56 Å². The van der Waals surface area contributed by atoms with E-state index in [-0.39, 0.29) is 11.1 Å². The van der Waals surface area contributed by atoms with Gasteiger partial charge in [0.2, 0.25) is 0 Å². The summed E-state index contributed by atoms with van der Waals surface area (Å²) in [6, 6.07) is 12.4. The van der Waals surface area contributed by atoms with E-state index in [0.717, 1.165) is 31.9 Å². The van der Waals surface area contributed by atoms with Crippen molar-refractivity contribution in [3.63, 3.8) is 0 Å². The summed E-state index contributed by atoms with van der Waals surface area (Å²) >= 11 is 0. The van der Waals surface area contributed by atoms with Crippen LogP contribution < -0.4 is 15.4 Å². The van der Waals surface area contributed by atoms with Gasteiger partial charge in [-0.3, -0.25) is 4.79 Å². The highest BCUT2D eigenvalue weighted by atomic mass is 16.1. The lowest BCUT2D eigenvalue weighted by molar-refractivity contribution is -0.924. The number of rotatable bonds is 3. The highest BCUT2D eigenvalue weighted by Gasteiger charge is 2.22. The number of hydrogen-bond acceptors (Lipinski definition) is 4. The lowest BCUT2D eigenvalue weighted by Crippen LogP contribution is -3.14. The van der Waals surface area contributed by atoms with Crippen LogP contribution in [0.1, 0.15) is 16.8 Å². The second-order valence-electron chi connectivity index (χ2n) is 6.23. The minimum Gasteiger partial charge on any atom is -0.360 e. The highest BCUT2D eigenvalue weighted by Crippen LogP contribution is 2.12. The van der Waals surface area contributed by atoms with Crippen LogP contribution in [0, 0.1) is 25.2 Å². The van der Waals surface area contributed by atoms with E-state index in [9.17, 15) is 10.1 Å². The molecule has 1 aliphatic heterocycles. The van der Waals surface area contributed by atoms with E-state index in [2.05, 4.69) is 34.3 Å². The van der Waals surface area contributed by atoms with E-state index < -0.39 is 0 Å². The fraction of sp³-hybridized carbons (Fsp3) is 0.389. The first-order valence-electron chi connectivity index (χ1n) is 8.22. The smallest absolute Gasteiger partial charge is 0.289 e. The molecular formula is C18H22N5O+. The second kappa shape index (κ2) is 6.85. The van der Waals surface area contributed by atoms with Crippen molar-refractivity contribution in [2.24, 2.45) is 0 Å². The molecule has 0 unspecified atom stereocenters. The molecule has 1 aliphatic rings. The van der Waals surface area contributed by atoms with Crippen molar-refractivity contribution >= 4 is 5.69 Å². The van der Waals surface area contributed by atoms with Gasteiger partial charge in [0.05, 0.1) is 31.9 Å². The van der Waals surface area contributed by atoms with Crippen LogP contribution in [0.5, 0.6) is 0 Å². The molecule has 0 atom stereocenters. The number of aryl methyl sites for hydroxylation is 1. The maximum absolute atomic E-state index is 12.4. The Balaban J connectivity index is 1.70. The van der Waals surface area contributed by atoms with Crippen molar-refractivity contribution in [2.75, 3.05) is 31.1 Å². The first kappa shape index (κ1) is 16.2. The molecule has 1 fully saturated rings. The Morgan fingerprint density at radius 2 is 1.88 bits per heavy atom. The average molecular weight is 324 g/mol. The molecule has 0 bridgehead atoms. The summed E-state index contributed by atoms with van der Waals surface area (Å²) in [7, 11) is 0. The quantitative estimate of drug-likeness (QED) is 0.869. The standard InChI is InChI=1S/C18H21N5O/c1-14-15(2)20-23(18(24)17(14)12-19)13-21-8-10-22(11-9-21)16-6-4-3-5-7-16/h3-7H,8-11,13H2,1-2H3/p+1. The number of aromatic nitrogens is 2. The zero-order chi connectivity index (χ0) is 17.1. The Morgan fingerprint density at radius 3 is 2.50 bits per heavy atom. The van der Waals surface area contributed by atoms with E-state index in [1.165, 1.54) is 15.3 Å². The Morgan fingerprint density at radius 1 is 1.21 bits per heavy atom. The van der Waals surface area contributed by atoms with Gasteiger partial charge in [-0.2, -0.15) is 15.0 Å². The van der Waals surface area contributed by atoms with Crippen molar-refractivity contribution in [2.45, 2.75) is 20.5 Å². The van der Waals surface area contributed by atoms with Crippen molar-refractivity contribution in [3.8, 4) is 6.07 Å². The molecule has 0 amide bonds. The minimum atomic E-state index is -0.279. The predicted molar refractivity (Wildman–Crippen MR) is 92.0 cm³/mol. The molecule has 1 aromatic heterocycles. The van der Waals surface area contributed by atoms with Crippen LogP contribution in [0.25, 0.3) is 0 Å². The molecule has 6 heteroatoms. The van der Waals surface area contributed by atoms with Crippen molar-refractivity contribution in [1.82, 2.24) is 9.78 Å². The lowest BCUT2D eigenvalue weighted by atomic mass is 10.1. The number of quaternary nitrogens is 1. The SMILES string of the molecule is Cc1nn(C[NH+]2CCN(c3ccccc3)CC2)c(=O)c(C#N)c1C. The topological polar surface area (TPSA) is 66.4 Å². The first-order chi connectivity index (χ1) is 11.6. The van der Waals surface area contributed by atoms with Gasteiger partial charge in [-0.05, 0) is 31.5 Å². The first-order valence-corrected chi connectivity index (χ1v) is 8.22. The molecule has 6 nitrogen and oxygen atoms in total. The van der Waals surface area contributed by atoms with Gasteiger partial charge in [0.1, 0.15) is 11.6 Å². The van der Waals surface area contributed by atoms with Gasteiger partial charge in [-0.15, -0.1) is 0 Å². The van der Waals surface area contributed by atoms with E-state index in [4.69, 9.17) is 0 Å². The predicted octanol–water partition coefficient (Wildman–Crippen LogP) is 0.0944. The number of piperazine rings is 1. The number of nitrogens with one attached hydrogen (secondary N) is 1. The van der Waals surface area contributed by atoms with Crippen LogP contribution in [-0.2, 0) is 6.67 Å². The lowest BCUT2D eigenvalue weighted by Gasteiger charge is -2.33. The van der Waals surface area contributed by atoms with E-state index >= 15 is 0 Å². The Kier molecular flexibility index (Phi) is 4.63. The summed E-state index contributed by atoms with van der Waals surface area (Å²) < 4.78 is 1.45. The average Bonchev–Trinajstić information content (AvgIpc) is 2.61. The van der Waals surface area contributed by atoms with Crippen LogP contribution >= 0.6 is 0 Å². The van der Waals surface area contributed by atoms with Crippen LogP contribution in [-0.4, -0.2) is 36.0 Å². The molecule has 2 heterocycles. The maximum atomic E-state index is 12.4. The third-order valence-corrected chi connectivity index (χ3v) is 4.71. The number of hydrogen-bond donors (Lipinski definition) is 1. The van der Waals surface area contributed by atoms with E-state index in [1.54, 1.807) is 6.92 Å². The van der Waals surface area contributed by atoms with Crippen LogP contribution in [0.2, 0.25) is 0 Å². The van der Waals surface area contributed by atoms with Crippen LogP contribution in [0.3, 0.4) is 0 Å². The Hall–Kier alpha value is -2.65. The molecule has 0 saturated carbocycles. The van der Waals surface area contributed by atoms with E-state index in [0.29, 0.717) is 12.2 Å². The molecule has 3 rings (SSSR count). The zero-order valence-corrected chi connectivity index (χ0v) is 14.1. The van der Waals surface area contributed by atoms with Gasteiger partial charge in [0, 0.05) is 5.69 Å². The summed E-state index contributed by atoms with van der Waals surface area (Å²) in [4.78, 5) is 16.1. The highest BCUT2D eigenvalue weighted by molar-refractivity contribution is 5.46. The fourth-order valence-electron chi connectivity index (χ4n) is 3.10. The number of anilines is 1. The summed E-state index contributed by atoms with van der Waals surface area (Å²) in [5, 5.41) is 13.6. The minimum absolute atomic E-state index is 0.213. The van der Waals surface area contributed by atoms with Gasteiger partial charge >= 0.3 is 0 Å². The second-order valence-corrected chi connectivity index (χ2v) is 6.23. The normalized spacial score (nSPS) is 15.3. The molecular weight excluding hydrogens is 302 g/mol. The number of para-hydroxylation sites is 1. The third kappa shape index (κ3) is 3.17. The summed E-state index contributed by atoms with van der Waals surface area (Å²) in [5.41, 5.74) is 2.60. The summed E-state index contributed by atoms with van der Waals surface area (Å²) in [5.74, 6) is 0. The molecule has 24 heavy (non-hydrogen) atoms. The summed E-state index contributed by atoms with van der Waals surface area (Å²) in [6.45, 7) is 7.91. The maximum Gasteiger partial charge on any atom is 0.289 e. The largest absolute Gasteiger partial charge is 0.360 e. The van der Waals surface area contributed by atoms with Gasteiger partial charge in [-0.1, -0.05) is 18.2 Å². The Bertz CT molecular complexity index is 814. The van der Waals surface area contributed by atoms with Crippen LogP contribution in [0.4, 0.5) is 5.69 Å². The number of benzene rings is 1. The van der Waals surface area contributed by atoms with Gasteiger partial charge < -0.3 is 9.80 Å². The summed E-state index contributed by atoms with van der Waals surface area (Å²) in [6.07, 6.45) is 0. The molecule has 0 aliphatic carbocycles. The van der Waals surface area contributed by atoms with Gasteiger partial charge in [0.15, 0.2) is 6.67 Å². The molecule has 1 N–H and O–H groups in total. The van der Waals surface area contributed by atoms with Gasteiger partial charge in [-0.25, -0.2) is 0 Å². The van der Waals surface area contributed by atoms with Crippen molar-refractivity contribution in [3.05, 3.63) is 57.5 Å². The van der Waals surface area contributed by atoms with Crippen molar-refractivity contribution < 1.29 is 4.90 Å². The number of nitriles is 1. The third-order valence-electron chi connectivity index (χ3n) is 4.71. The molecule has 1 aromatic carbocycles. The molecule has 1 saturated heterocycles.